The molecular weight excluding hydrogens is 372 g/mol. The number of ether oxygens (including phenoxy) is 1. The van der Waals surface area contributed by atoms with Crippen LogP contribution in [0.4, 0.5) is 0 Å². The molecule has 0 aromatic rings. The van der Waals surface area contributed by atoms with Crippen molar-refractivity contribution >= 4 is 31.4 Å². The zero-order valence-electron chi connectivity index (χ0n) is 16.9. The van der Waals surface area contributed by atoms with E-state index in [1.54, 1.807) is 14.0 Å². The molecule has 25 heavy (non-hydrogen) atoms. The van der Waals surface area contributed by atoms with Crippen LogP contribution in [-0.2, 0) is 22.2 Å². The molecule has 0 aromatic carbocycles. The summed E-state index contributed by atoms with van der Waals surface area (Å²) in [5, 5.41) is 9.04. The lowest BCUT2D eigenvalue weighted by Gasteiger charge is -2.39. The van der Waals surface area contributed by atoms with Gasteiger partial charge in [0.15, 0.2) is 8.32 Å². The van der Waals surface area contributed by atoms with Crippen LogP contribution < -0.4 is 0 Å². The molecule has 0 aliphatic rings. The maximum absolute atomic E-state index is 11.4. The zero-order chi connectivity index (χ0) is 19.7. The van der Waals surface area contributed by atoms with Gasteiger partial charge in [0.2, 0.25) is 0 Å². The molecule has 0 heterocycles. The first-order valence-corrected chi connectivity index (χ1v) is 17.2. The second kappa shape index (κ2) is 10.8. The Balaban J connectivity index is 4.59. The van der Waals surface area contributed by atoms with E-state index in [4.69, 9.17) is 22.5 Å². The number of esters is 1. The molecule has 0 aliphatic carbocycles. The highest BCUT2D eigenvalue weighted by molar-refractivity contribution is 6.86. The lowest BCUT2D eigenvalue weighted by Crippen LogP contribution is -2.54. The van der Waals surface area contributed by atoms with Gasteiger partial charge in [-0.1, -0.05) is 6.58 Å². The van der Waals surface area contributed by atoms with Crippen LogP contribution >= 0.6 is 0 Å². The van der Waals surface area contributed by atoms with Crippen molar-refractivity contribution in [2.24, 2.45) is 0 Å². The van der Waals surface area contributed by atoms with Crippen molar-refractivity contribution in [3.05, 3.63) is 12.2 Å². The van der Waals surface area contributed by atoms with Crippen LogP contribution in [0.2, 0.25) is 44.8 Å². The molecule has 0 bridgehead atoms. The summed E-state index contributed by atoms with van der Waals surface area (Å²) in [6, 6.07) is 1.64. The van der Waals surface area contributed by atoms with Crippen molar-refractivity contribution in [1.29, 1.82) is 0 Å². The molecule has 0 aliphatic heterocycles. The zero-order valence-corrected chi connectivity index (χ0v) is 19.9. The van der Waals surface area contributed by atoms with Gasteiger partial charge in [-0.25, -0.2) is 4.79 Å². The van der Waals surface area contributed by atoms with Crippen LogP contribution in [0.1, 0.15) is 19.8 Å². The van der Waals surface area contributed by atoms with Crippen LogP contribution in [0, 0.1) is 0 Å². The minimum absolute atomic E-state index is 0.191. The molecule has 0 saturated carbocycles. The molecule has 1 N–H and O–H groups in total. The Hall–Kier alpha value is -0.299. The Kier molecular flexibility index (Phi) is 10.6. The molecule has 0 spiro atoms. The van der Waals surface area contributed by atoms with Crippen LogP contribution in [0.15, 0.2) is 12.2 Å². The minimum Gasteiger partial charge on any atom is -0.462 e. The summed E-state index contributed by atoms with van der Waals surface area (Å²) in [7, 11) is -4.95. The monoisotopic (exact) mass is 408 g/mol. The topological polar surface area (TPSA) is 74.2 Å². The standard InChI is InChI=1S/C16H36O6Si3/c1-15(2)16(18)20-12-10-14-25(8,19-3)22-24(6,7)21-23(4,5)13-9-11-17/h17H,1,9-14H2,2-8H3. The van der Waals surface area contributed by atoms with Crippen LogP contribution in [0.5, 0.6) is 0 Å². The molecule has 0 rings (SSSR count). The fraction of sp³-hybridized carbons (Fsp3) is 0.812. The number of rotatable bonds is 13. The van der Waals surface area contributed by atoms with Gasteiger partial charge in [-0.15, -0.1) is 0 Å². The average Bonchev–Trinajstić information content (AvgIpc) is 2.47. The maximum atomic E-state index is 11.4. The van der Waals surface area contributed by atoms with Crippen LogP contribution in [0.25, 0.3) is 0 Å². The van der Waals surface area contributed by atoms with E-state index in [1.165, 1.54) is 0 Å². The summed E-state index contributed by atoms with van der Waals surface area (Å²) in [5.41, 5.74) is 0.403. The Morgan fingerprint density at radius 1 is 1.04 bits per heavy atom. The minimum atomic E-state index is -2.39. The summed E-state index contributed by atoms with van der Waals surface area (Å²) in [5.74, 6) is -0.364. The average molecular weight is 409 g/mol. The third-order valence-corrected chi connectivity index (χ3v) is 15.3. The molecule has 148 valence electrons. The van der Waals surface area contributed by atoms with Crippen molar-refractivity contribution in [2.75, 3.05) is 20.3 Å². The molecule has 0 amide bonds. The van der Waals surface area contributed by atoms with Gasteiger partial charge in [0.05, 0.1) is 6.61 Å². The lowest BCUT2D eigenvalue weighted by atomic mass is 10.4. The van der Waals surface area contributed by atoms with Gasteiger partial charge in [0, 0.05) is 19.3 Å². The number of aliphatic hydroxyl groups excluding tert-OH is 1. The third-order valence-electron chi connectivity index (χ3n) is 3.71. The molecule has 9 heteroatoms. The van der Waals surface area contributed by atoms with Gasteiger partial charge in [-0.2, -0.15) is 0 Å². The smallest absolute Gasteiger partial charge is 0.333 e. The Morgan fingerprint density at radius 3 is 2.12 bits per heavy atom. The molecule has 0 aromatic heterocycles. The predicted molar refractivity (Wildman–Crippen MR) is 107 cm³/mol. The number of carbonyl (C=O) groups excluding carboxylic acids is 1. The number of hydrogen-bond donors (Lipinski definition) is 1. The summed E-state index contributed by atoms with van der Waals surface area (Å²) >= 11 is 0. The first kappa shape index (κ1) is 24.7. The fourth-order valence-electron chi connectivity index (χ4n) is 2.64. The normalized spacial score (nSPS) is 14.9. The first-order valence-electron chi connectivity index (χ1n) is 8.75. The molecule has 6 nitrogen and oxygen atoms in total. The van der Waals surface area contributed by atoms with E-state index in [2.05, 4.69) is 19.7 Å². The van der Waals surface area contributed by atoms with Gasteiger partial charge >= 0.3 is 23.1 Å². The molecule has 0 radical (unpaired) electrons. The summed E-state index contributed by atoms with van der Waals surface area (Å²) < 4.78 is 23.6. The van der Waals surface area contributed by atoms with E-state index < -0.39 is 25.4 Å². The van der Waals surface area contributed by atoms with Gasteiger partial charge in [0.25, 0.3) is 0 Å². The van der Waals surface area contributed by atoms with Crippen molar-refractivity contribution in [1.82, 2.24) is 0 Å². The van der Waals surface area contributed by atoms with Gasteiger partial charge in [-0.3, -0.25) is 0 Å². The van der Waals surface area contributed by atoms with Crippen molar-refractivity contribution in [2.45, 2.75) is 64.6 Å². The van der Waals surface area contributed by atoms with Gasteiger partial charge < -0.3 is 22.5 Å². The van der Waals surface area contributed by atoms with Crippen LogP contribution in [0.3, 0.4) is 0 Å². The summed E-state index contributed by atoms with van der Waals surface area (Å²) in [6.45, 7) is 16.2. The van der Waals surface area contributed by atoms with E-state index in [0.29, 0.717) is 18.6 Å². The van der Waals surface area contributed by atoms with Crippen molar-refractivity contribution in [3.63, 3.8) is 0 Å². The highest BCUT2D eigenvalue weighted by Crippen LogP contribution is 2.26. The molecule has 1 unspecified atom stereocenters. The first-order chi connectivity index (χ1) is 11.4. The van der Waals surface area contributed by atoms with E-state index in [-0.39, 0.29) is 12.6 Å². The number of aliphatic hydroxyl groups is 1. The number of carbonyl (C=O) groups is 1. The highest BCUT2D eigenvalue weighted by atomic mass is 28.5. The highest BCUT2D eigenvalue weighted by Gasteiger charge is 2.42. The van der Waals surface area contributed by atoms with Crippen molar-refractivity contribution in [3.8, 4) is 0 Å². The van der Waals surface area contributed by atoms with E-state index in [9.17, 15) is 4.79 Å². The molecular formula is C16H36O6Si3. The summed E-state index contributed by atoms with van der Waals surface area (Å²) in [4.78, 5) is 11.4. The van der Waals surface area contributed by atoms with E-state index in [0.717, 1.165) is 18.5 Å². The van der Waals surface area contributed by atoms with Gasteiger partial charge in [0.1, 0.15) is 0 Å². The second-order valence-corrected chi connectivity index (χ2v) is 19.2. The fourth-order valence-corrected chi connectivity index (χ4v) is 15.8. The number of hydrogen-bond acceptors (Lipinski definition) is 6. The third kappa shape index (κ3) is 11.1. The second-order valence-electron chi connectivity index (χ2n) is 7.55. The molecule has 0 fully saturated rings. The largest absolute Gasteiger partial charge is 0.462 e. The molecule has 1 atom stereocenters. The molecule has 0 saturated heterocycles. The quantitative estimate of drug-likeness (QED) is 0.217. The van der Waals surface area contributed by atoms with Crippen molar-refractivity contribution < 1.29 is 27.3 Å². The predicted octanol–water partition coefficient (Wildman–Crippen LogP) is 3.54. The maximum Gasteiger partial charge on any atom is 0.333 e. The van der Waals surface area contributed by atoms with Crippen LogP contribution in [-0.4, -0.2) is 56.8 Å². The Bertz CT molecular complexity index is 442. The Morgan fingerprint density at radius 2 is 1.64 bits per heavy atom. The van der Waals surface area contributed by atoms with E-state index >= 15 is 0 Å². The SMILES string of the molecule is C=C(C)C(=O)OCCC[Si](C)(OC)O[Si](C)(C)O[Si](C)(C)CCCO. The van der Waals surface area contributed by atoms with Gasteiger partial charge in [-0.05, 0) is 64.6 Å². The Labute approximate surface area is 156 Å². The lowest BCUT2D eigenvalue weighted by molar-refractivity contribution is -0.138. The van der Waals surface area contributed by atoms with E-state index in [1.807, 2.05) is 19.6 Å². The summed E-state index contributed by atoms with van der Waals surface area (Å²) in [6.07, 6.45) is 1.45.